The van der Waals surface area contributed by atoms with Crippen LogP contribution in [0.5, 0.6) is 0 Å². The molecule has 0 spiro atoms. The lowest BCUT2D eigenvalue weighted by atomic mass is 10.2. The second-order valence-corrected chi connectivity index (χ2v) is 11.1. The molecule has 2 aromatic carbocycles. The molecule has 0 aromatic heterocycles. The molecular weight excluding hydrogens is 426 g/mol. The predicted octanol–water partition coefficient (Wildman–Crippen LogP) is 2.46. The van der Waals surface area contributed by atoms with Crippen LogP contribution in [0.3, 0.4) is 0 Å². The summed E-state index contributed by atoms with van der Waals surface area (Å²) >= 11 is 0. The van der Waals surface area contributed by atoms with Gasteiger partial charge in [-0.1, -0.05) is 0 Å². The molecule has 2 saturated heterocycles. The van der Waals surface area contributed by atoms with E-state index >= 15 is 0 Å². The molecule has 1 N–H and O–H groups in total. The molecule has 0 unspecified atom stereocenters. The van der Waals surface area contributed by atoms with Crippen molar-refractivity contribution in [2.75, 3.05) is 32.8 Å². The summed E-state index contributed by atoms with van der Waals surface area (Å²) in [7, 11) is -7.57. The first-order valence-corrected chi connectivity index (χ1v) is 12.8. The molecule has 0 bridgehead atoms. The van der Waals surface area contributed by atoms with Crippen molar-refractivity contribution in [2.24, 2.45) is 0 Å². The summed E-state index contributed by atoms with van der Waals surface area (Å²) in [4.78, 5) is 14.2. The number of nitrogens with one attached hydrogen (secondary N) is 1. The molecule has 10 heteroatoms. The van der Waals surface area contributed by atoms with E-state index in [0.29, 0.717) is 11.3 Å². The van der Waals surface area contributed by atoms with Crippen molar-refractivity contribution >= 4 is 43.0 Å². The fourth-order valence-electron chi connectivity index (χ4n) is 3.86. The van der Waals surface area contributed by atoms with Crippen LogP contribution in [0.2, 0.25) is 0 Å². The Labute approximate surface area is 176 Å². The van der Waals surface area contributed by atoms with E-state index in [9.17, 15) is 21.6 Å². The van der Waals surface area contributed by atoms with Crippen molar-refractivity contribution in [3.05, 3.63) is 48.0 Å². The summed E-state index contributed by atoms with van der Waals surface area (Å²) in [6.07, 6.45) is 2.25. The van der Waals surface area contributed by atoms with Crippen LogP contribution < -0.4 is 13.9 Å². The number of nitrogens with zero attached hydrogens (tertiary/aromatic N) is 2. The lowest BCUT2D eigenvalue weighted by Crippen LogP contribution is -2.29. The summed E-state index contributed by atoms with van der Waals surface area (Å²) in [5.74, 6) is -0.749. The quantitative estimate of drug-likeness (QED) is 0.752. The smallest absolute Gasteiger partial charge is 0.262 e. The van der Waals surface area contributed by atoms with E-state index in [4.69, 9.17) is 0 Å². The van der Waals surface area contributed by atoms with Gasteiger partial charge in [0.2, 0.25) is 15.9 Å². The molecular formula is C20H23N3O5S2. The highest BCUT2D eigenvalue weighted by atomic mass is 32.2. The molecule has 160 valence electrons. The number of rotatable bonds is 5. The first kappa shape index (κ1) is 20.7. The van der Waals surface area contributed by atoms with Crippen molar-refractivity contribution in [2.45, 2.75) is 31.1 Å². The standard InChI is InChI=1S/C20H23N3O5S2/c1-15-14-18(23-20(24)10-13-29(23,25)26)8-9-19(15)30(27,28)21-16-4-6-17(7-5-16)22-11-2-3-12-22/h4-9,14,21H,2-3,10-13H2,1H3. The van der Waals surface area contributed by atoms with Gasteiger partial charge in [-0.2, -0.15) is 0 Å². The molecule has 0 aliphatic carbocycles. The number of benzene rings is 2. The van der Waals surface area contributed by atoms with Crippen LogP contribution in [-0.2, 0) is 24.8 Å². The van der Waals surface area contributed by atoms with Gasteiger partial charge in [-0.25, -0.2) is 21.1 Å². The van der Waals surface area contributed by atoms with Gasteiger partial charge in [0.05, 0.1) is 16.3 Å². The Morgan fingerprint density at radius 2 is 1.60 bits per heavy atom. The second kappa shape index (κ2) is 7.59. The molecule has 2 aliphatic rings. The van der Waals surface area contributed by atoms with E-state index in [1.165, 1.54) is 18.2 Å². The van der Waals surface area contributed by atoms with E-state index in [1.54, 1.807) is 19.1 Å². The minimum absolute atomic E-state index is 0.0268. The van der Waals surface area contributed by atoms with E-state index in [1.807, 2.05) is 12.1 Å². The fourth-order valence-corrected chi connectivity index (χ4v) is 6.59. The number of hydrogen-bond acceptors (Lipinski definition) is 6. The lowest BCUT2D eigenvalue weighted by molar-refractivity contribution is -0.116. The molecule has 1 amide bonds. The maximum Gasteiger partial charge on any atom is 0.262 e. The van der Waals surface area contributed by atoms with E-state index in [-0.39, 0.29) is 22.8 Å². The number of aryl methyl sites for hydroxylation is 1. The summed E-state index contributed by atoms with van der Waals surface area (Å²) in [5.41, 5.74) is 2.01. The van der Waals surface area contributed by atoms with E-state index in [2.05, 4.69) is 9.62 Å². The van der Waals surface area contributed by atoms with Crippen molar-refractivity contribution in [3.8, 4) is 0 Å². The maximum atomic E-state index is 12.9. The Bertz CT molecular complexity index is 1190. The molecule has 2 heterocycles. The number of anilines is 3. The van der Waals surface area contributed by atoms with Gasteiger partial charge in [0.25, 0.3) is 10.0 Å². The van der Waals surface area contributed by atoms with Gasteiger partial charge in [-0.05, 0) is 67.8 Å². The zero-order valence-electron chi connectivity index (χ0n) is 16.5. The normalized spacial score (nSPS) is 18.8. The monoisotopic (exact) mass is 449 g/mol. The van der Waals surface area contributed by atoms with Gasteiger partial charge in [0, 0.05) is 30.9 Å². The van der Waals surface area contributed by atoms with Gasteiger partial charge in [0.15, 0.2) is 0 Å². The minimum atomic E-state index is -3.87. The van der Waals surface area contributed by atoms with Gasteiger partial charge < -0.3 is 4.90 Å². The number of carbonyl (C=O) groups excluding carboxylic acids is 1. The number of sulfonamides is 2. The van der Waals surface area contributed by atoms with Gasteiger partial charge in [-0.15, -0.1) is 0 Å². The average Bonchev–Trinajstić information content (AvgIpc) is 3.30. The number of hydrogen-bond donors (Lipinski definition) is 1. The van der Waals surface area contributed by atoms with Crippen LogP contribution in [0.25, 0.3) is 0 Å². The van der Waals surface area contributed by atoms with Crippen LogP contribution in [0.1, 0.15) is 24.8 Å². The van der Waals surface area contributed by atoms with Crippen LogP contribution in [0.15, 0.2) is 47.4 Å². The van der Waals surface area contributed by atoms with E-state index < -0.39 is 26.0 Å². The third kappa shape index (κ3) is 3.89. The second-order valence-electron chi connectivity index (χ2n) is 7.52. The molecule has 0 saturated carbocycles. The zero-order valence-corrected chi connectivity index (χ0v) is 18.2. The third-order valence-corrected chi connectivity index (χ3v) is 8.58. The molecule has 2 aromatic rings. The minimum Gasteiger partial charge on any atom is -0.372 e. The van der Waals surface area contributed by atoms with Crippen LogP contribution in [-0.4, -0.2) is 41.6 Å². The highest BCUT2D eigenvalue weighted by Crippen LogP contribution is 2.30. The first-order chi connectivity index (χ1) is 14.2. The predicted molar refractivity (Wildman–Crippen MR) is 116 cm³/mol. The SMILES string of the molecule is Cc1cc(N2C(=O)CCS2(=O)=O)ccc1S(=O)(=O)Nc1ccc(N2CCCC2)cc1. The van der Waals surface area contributed by atoms with Gasteiger partial charge >= 0.3 is 0 Å². The van der Waals surface area contributed by atoms with Gasteiger partial charge in [0.1, 0.15) is 0 Å². The molecule has 4 rings (SSSR count). The largest absolute Gasteiger partial charge is 0.372 e. The van der Waals surface area contributed by atoms with Crippen LogP contribution >= 0.6 is 0 Å². The molecule has 8 nitrogen and oxygen atoms in total. The van der Waals surface area contributed by atoms with Crippen LogP contribution in [0.4, 0.5) is 17.1 Å². The zero-order chi connectivity index (χ0) is 21.5. The highest BCUT2D eigenvalue weighted by Gasteiger charge is 2.36. The molecule has 2 fully saturated rings. The van der Waals surface area contributed by atoms with Crippen molar-refractivity contribution in [1.82, 2.24) is 0 Å². The Balaban J connectivity index is 1.56. The fraction of sp³-hybridized carbons (Fsp3) is 0.350. The molecule has 30 heavy (non-hydrogen) atoms. The lowest BCUT2D eigenvalue weighted by Gasteiger charge is -2.19. The Morgan fingerprint density at radius 1 is 0.967 bits per heavy atom. The molecule has 0 atom stereocenters. The Hall–Kier alpha value is -2.59. The summed E-state index contributed by atoms with van der Waals surface area (Å²) in [6.45, 7) is 3.58. The van der Waals surface area contributed by atoms with Gasteiger partial charge in [-0.3, -0.25) is 9.52 Å². The summed E-state index contributed by atoms with van der Waals surface area (Å²) < 4.78 is 53.2. The van der Waals surface area contributed by atoms with Crippen LogP contribution in [0, 0.1) is 6.92 Å². The van der Waals surface area contributed by atoms with Crippen molar-refractivity contribution in [3.63, 3.8) is 0 Å². The maximum absolute atomic E-state index is 12.9. The van der Waals surface area contributed by atoms with E-state index in [0.717, 1.165) is 35.9 Å². The summed E-state index contributed by atoms with van der Waals surface area (Å²) in [6, 6.07) is 11.3. The van der Waals surface area contributed by atoms with Crippen molar-refractivity contribution < 1.29 is 21.6 Å². The Morgan fingerprint density at radius 3 is 2.17 bits per heavy atom. The highest BCUT2D eigenvalue weighted by molar-refractivity contribution is 7.94. The van der Waals surface area contributed by atoms with Crippen molar-refractivity contribution in [1.29, 1.82) is 0 Å². The first-order valence-electron chi connectivity index (χ1n) is 9.72. The molecule has 2 aliphatic heterocycles. The average molecular weight is 450 g/mol. The molecule has 0 radical (unpaired) electrons. The number of amides is 1. The Kier molecular flexibility index (Phi) is 5.23. The third-order valence-electron chi connectivity index (χ3n) is 5.35. The summed E-state index contributed by atoms with van der Waals surface area (Å²) in [5, 5.41) is 0. The topological polar surface area (TPSA) is 104 Å². The number of carbonyl (C=O) groups is 1.